The van der Waals surface area contributed by atoms with Gasteiger partial charge in [0.15, 0.2) is 0 Å². The van der Waals surface area contributed by atoms with Gasteiger partial charge >= 0.3 is 0 Å². The van der Waals surface area contributed by atoms with E-state index in [1.165, 1.54) is 5.56 Å². The van der Waals surface area contributed by atoms with Gasteiger partial charge in [0.25, 0.3) is 0 Å². The second kappa shape index (κ2) is 5.78. The summed E-state index contributed by atoms with van der Waals surface area (Å²) in [6.45, 7) is 6.25. The van der Waals surface area contributed by atoms with Crippen LogP contribution in [0.4, 0.5) is 0 Å². The Labute approximate surface area is 133 Å². The van der Waals surface area contributed by atoms with E-state index in [2.05, 4.69) is 41.6 Å². The number of nitrogens with zero attached hydrogens (tertiary/aromatic N) is 3. The smallest absolute Gasteiger partial charge is 0.128 e. The molecule has 0 amide bonds. The van der Waals surface area contributed by atoms with Crippen molar-refractivity contribution in [3.05, 3.63) is 46.2 Å². The van der Waals surface area contributed by atoms with Crippen LogP contribution in [0.25, 0.3) is 11.0 Å². The Kier molecular flexibility index (Phi) is 4.00. The van der Waals surface area contributed by atoms with Crippen molar-refractivity contribution in [1.29, 1.82) is 0 Å². The van der Waals surface area contributed by atoms with E-state index in [4.69, 9.17) is 16.6 Å². The largest absolute Gasteiger partial charge is 0.317 e. The van der Waals surface area contributed by atoms with Crippen LogP contribution in [0.15, 0.2) is 29.8 Å². The minimum atomic E-state index is -0.133. The molecular weight excluding hydrogens is 302 g/mol. The first kappa shape index (κ1) is 14.5. The van der Waals surface area contributed by atoms with Crippen LogP contribution in [-0.4, -0.2) is 14.5 Å². The van der Waals surface area contributed by atoms with E-state index in [9.17, 15) is 0 Å². The lowest BCUT2D eigenvalue weighted by atomic mass is 10.2. The fourth-order valence-electron chi connectivity index (χ4n) is 2.70. The van der Waals surface area contributed by atoms with Gasteiger partial charge in [0.1, 0.15) is 10.8 Å². The highest BCUT2D eigenvalue weighted by atomic mass is 35.5. The number of rotatable bonds is 4. The normalized spacial score (nSPS) is 14.5. The Hall–Kier alpha value is -1.39. The van der Waals surface area contributed by atoms with Crippen LogP contribution in [0.1, 0.15) is 48.1 Å². The van der Waals surface area contributed by atoms with Crippen molar-refractivity contribution in [3.63, 3.8) is 0 Å². The van der Waals surface area contributed by atoms with Crippen LogP contribution in [0, 0.1) is 6.92 Å². The van der Waals surface area contributed by atoms with E-state index in [1.807, 2.05) is 18.5 Å². The first-order valence-electron chi connectivity index (χ1n) is 7.13. The second-order valence-electron chi connectivity index (χ2n) is 5.24. The Morgan fingerprint density at radius 1 is 1.38 bits per heavy atom. The summed E-state index contributed by atoms with van der Waals surface area (Å²) in [7, 11) is 0. The Morgan fingerprint density at radius 2 is 2.19 bits per heavy atom. The molecule has 2 unspecified atom stereocenters. The quantitative estimate of drug-likeness (QED) is 0.626. The SMILES string of the molecule is CCC(c1nccs1)n1c(C(C)Cl)nc2ccc(C)cc21. The summed E-state index contributed by atoms with van der Waals surface area (Å²) in [5.74, 6) is 0.916. The summed E-state index contributed by atoms with van der Waals surface area (Å²) >= 11 is 8.07. The van der Waals surface area contributed by atoms with Crippen molar-refractivity contribution in [3.8, 4) is 0 Å². The highest BCUT2D eigenvalue weighted by molar-refractivity contribution is 7.09. The van der Waals surface area contributed by atoms with Gasteiger partial charge < -0.3 is 4.57 Å². The van der Waals surface area contributed by atoms with Gasteiger partial charge in [-0.15, -0.1) is 22.9 Å². The molecule has 1 aromatic carbocycles. The van der Waals surface area contributed by atoms with Gasteiger partial charge in [0, 0.05) is 11.6 Å². The zero-order chi connectivity index (χ0) is 15.0. The molecule has 110 valence electrons. The maximum atomic E-state index is 6.38. The lowest BCUT2D eigenvalue weighted by Gasteiger charge is -2.19. The molecule has 0 spiro atoms. The molecule has 0 aliphatic heterocycles. The topological polar surface area (TPSA) is 30.7 Å². The molecule has 0 fully saturated rings. The van der Waals surface area contributed by atoms with Gasteiger partial charge in [-0.05, 0) is 38.0 Å². The number of halogens is 1. The Balaban J connectivity index is 2.27. The molecule has 5 heteroatoms. The molecule has 0 N–H and O–H groups in total. The van der Waals surface area contributed by atoms with E-state index in [0.717, 1.165) is 28.3 Å². The maximum absolute atomic E-state index is 6.38. The molecule has 0 aliphatic carbocycles. The van der Waals surface area contributed by atoms with Crippen LogP contribution >= 0.6 is 22.9 Å². The van der Waals surface area contributed by atoms with E-state index in [-0.39, 0.29) is 11.4 Å². The van der Waals surface area contributed by atoms with E-state index in [1.54, 1.807) is 11.3 Å². The van der Waals surface area contributed by atoms with Crippen molar-refractivity contribution in [2.75, 3.05) is 0 Å². The Morgan fingerprint density at radius 3 is 2.81 bits per heavy atom. The Bertz CT molecular complexity index is 746. The number of imidazole rings is 1. The third-order valence-corrected chi connectivity index (χ3v) is 4.73. The maximum Gasteiger partial charge on any atom is 0.128 e. The lowest BCUT2D eigenvalue weighted by molar-refractivity contribution is 0.552. The summed E-state index contributed by atoms with van der Waals surface area (Å²) in [6, 6.07) is 6.53. The van der Waals surface area contributed by atoms with Crippen LogP contribution in [-0.2, 0) is 0 Å². The monoisotopic (exact) mass is 319 g/mol. The molecule has 21 heavy (non-hydrogen) atoms. The van der Waals surface area contributed by atoms with Crippen LogP contribution < -0.4 is 0 Å². The number of aromatic nitrogens is 3. The highest BCUT2D eigenvalue weighted by Crippen LogP contribution is 2.33. The fourth-order valence-corrected chi connectivity index (χ4v) is 3.66. The third-order valence-electron chi connectivity index (χ3n) is 3.66. The number of alkyl halides is 1. The number of aryl methyl sites for hydroxylation is 1. The predicted molar refractivity (Wildman–Crippen MR) is 89.3 cm³/mol. The van der Waals surface area contributed by atoms with Gasteiger partial charge in [-0.1, -0.05) is 13.0 Å². The number of benzene rings is 1. The minimum Gasteiger partial charge on any atom is -0.317 e. The molecule has 0 saturated heterocycles. The van der Waals surface area contributed by atoms with E-state index < -0.39 is 0 Å². The van der Waals surface area contributed by atoms with Crippen molar-refractivity contribution in [1.82, 2.24) is 14.5 Å². The van der Waals surface area contributed by atoms with Gasteiger partial charge in [-0.25, -0.2) is 9.97 Å². The van der Waals surface area contributed by atoms with Crippen LogP contribution in [0.2, 0.25) is 0 Å². The molecule has 3 aromatic rings. The van der Waals surface area contributed by atoms with Crippen molar-refractivity contribution >= 4 is 34.0 Å². The first-order valence-corrected chi connectivity index (χ1v) is 8.45. The third kappa shape index (κ3) is 2.58. The summed E-state index contributed by atoms with van der Waals surface area (Å²) < 4.78 is 2.26. The van der Waals surface area contributed by atoms with E-state index in [0.29, 0.717) is 0 Å². The summed E-state index contributed by atoms with van der Waals surface area (Å²) in [5, 5.41) is 3.00. The molecule has 0 radical (unpaired) electrons. The average Bonchev–Trinajstić information content (AvgIpc) is 3.08. The number of thiazole rings is 1. The molecule has 2 aromatic heterocycles. The van der Waals surface area contributed by atoms with Gasteiger partial charge in [0.2, 0.25) is 0 Å². The zero-order valence-electron chi connectivity index (χ0n) is 12.4. The number of hydrogen-bond acceptors (Lipinski definition) is 3. The second-order valence-corrected chi connectivity index (χ2v) is 6.82. The molecule has 0 aliphatic rings. The highest BCUT2D eigenvalue weighted by Gasteiger charge is 2.23. The number of fused-ring (bicyclic) bond motifs is 1. The molecule has 0 bridgehead atoms. The average molecular weight is 320 g/mol. The molecule has 3 nitrogen and oxygen atoms in total. The van der Waals surface area contributed by atoms with Crippen LogP contribution in [0.3, 0.4) is 0 Å². The van der Waals surface area contributed by atoms with Crippen molar-refractivity contribution < 1.29 is 0 Å². The standard InChI is InChI=1S/C16H18ClN3S/c1-4-13(16-18-7-8-21-16)20-14-9-10(2)5-6-12(14)19-15(20)11(3)17/h5-9,11,13H,4H2,1-3H3. The van der Waals surface area contributed by atoms with E-state index >= 15 is 0 Å². The molecular formula is C16H18ClN3S. The van der Waals surface area contributed by atoms with Gasteiger partial charge in [0.05, 0.1) is 22.5 Å². The first-order chi connectivity index (χ1) is 10.1. The lowest BCUT2D eigenvalue weighted by Crippen LogP contribution is -2.13. The molecule has 0 saturated carbocycles. The molecule has 3 rings (SSSR count). The fraction of sp³-hybridized carbons (Fsp3) is 0.375. The predicted octanol–water partition coefficient (Wildman–Crippen LogP) is 5.10. The molecule has 2 atom stereocenters. The summed E-state index contributed by atoms with van der Waals surface area (Å²) in [4.78, 5) is 9.24. The minimum absolute atomic E-state index is 0.133. The molecule has 2 heterocycles. The number of hydrogen-bond donors (Lipinski definition) is 0. The van der Waals surface area contributed by atoms with Gasteiger partial charge in [-0.2, -0.15) is 0 Å². The zero-order valence-corrected chi connectivity index (χ0v) is 13.9. The van der Waals surface area contributed by atoms with Crippen LogP contribution in [0.5, 0.6) is 0 Å². The van der Waals surface area contributed by atoms with Crippen molar-refractivity contribution in [2.45, 2.75) is 38.6 Å². The van der Waals surface area contributed by atoms with Gasteiger partial charge in [-0.3, -0.25) is 0 Å². The van der Waals surface area contributed by atoms with Crippen molar-refractivity contribution in [2.24, 2.45) is 0 Å². The summed E-state index contributed by atoms with van der Waals surface area (Å²) in [5.41, 5.74) is 3.36. The summed E-state index contributed by atoms with van der Waals surface area (Å²) in [6.07, 6.45) is 2.82.